The molecule has 9 nitrogen and oxygen atoms in total. The SMILES string of the molecule is O=S(=O)(Nc1ccc(NCc2ccccn2)nn1)c1ccc2c(c1)OCCO2. The highest BCUT2D eigenvalue weighted by atomic mass is 32.2. The summed E-state index contributed by atoms with van der Waals surface area (Å²) in [5, 5.41) is 11.0. The van der Waals surface area contributed by atoms with Gasteiger partial charge in [-0.1, -0.05) is 6.07 Å². The molecular formula is C18H17N5O4S. The van der Waals surface area contributed by atoms with Crippen LogP contribution in [-0.2, 0) is 16.6 Å². The molecule has 2 aromatic heterocycles. The fourth-order valence-electron chi connectivity index (χ4n) is 2.55. The number of benzene rings is 1. The van der Waals surface area contributed by atoms with Crippen LogP contribution >= 0.6 is 0 Å². The maximum absolute atomic E-state index is 12.6. The number of nitrogens with zero attached hydrogens (tertiary/aromatic N) is 3. The molecule has 0 bridgehead atoms. The molecule has 10 heteroatoms. The molecule has 0 amide bonds. The minimum atomic E-state index is -3.83. The summed E-state index contributed by atoms with van der Waals surface area (Å²) in [6.45, 7) is 1.30. The first kappa shape index (κ1) is 18.0. The first-order chi connectivity index (χ1) is 13.6. The number of pyridine rings is 1. The van der Waals surface area contributed by atoms with Crippen molar-refractivity contribution < 1.29 is 17.9 Å². The van der Waals surface area contributed by atoms with Crippen LogP contribution in [0.25, 0.3) is 0 Å². The van der Waals surface area contributed by atoms with Crippen molar-refractivity contribution in [2.24, 2.45) is 0 Å². The molecule has 0 saturated heterocycles. The number of rotatable bonds is 6. The molecule has 0 saturated carbocycles. The van der Waals surface area contributed by atoms with Crippen LogP contribution in [0.3, 0.4) is 0 Å². The second-order valence-electron chi connectivity index (χ2n) is 5.89. The summed E-state index contributed by atoms with van der Waals surface area (Å²) in [6.07, 6.45) is 1.71. The van der Waals surface area contributed by atoms with E-state index in [1.54, 1.807) is 18.3 Å². The van der Waals surface area contributed by atoms with Crippen molar-refractivity contribution in [3.05, 3.63) is 60.4 Å². The minimum Gasteiger partial charge on any atom is -0.486 e. The lowest BCUT2D eigenvalue weighted by Crippen LogP contribution is -2.18. The molecule has 0 radical (unpaired) electrons. The average Bonchev–Trinajstić information content (AvgIpc) is 2.73. The first-order valence-electron chi connectivity index (χ1n) is 8.50. The number of sulfonamides is 1. The van der Waals surface area contributed by atoms with Gasteiger partial charge in [-0.05, 0) is 36.4 Å². The van der Waals surface area contributed by atoms with E-state index in [0.29, 0.717) is 37.1 Å². The van der Waals surface area contributed by atoms with Crippen molar-refractivity contribution in [3.8, 4) is 11.5 Å². The summed E-state index contributed by atoms with van der Waals surface area (Å²) in [4.78, 5) is 4.25. The third kappa shape index (κ3) is 4.12. The number of fused-ring (bicyclic) bond motifs is 1. The van der Waals surface area contributed by atoms with Crippen molar-refractivity contribution in [2.45, 2.75) is 11.4 Å². The van der Waals surface area contributed by atoms with E-state index in [0.717, 1.165) is 5.69 Å². The lowest BCUT2D eigenvalue weighted by Gasteiger charge is -2.18. The van der Waals surface area contributed by atoms with Crippen LogP contribution in [0.1, 0.15) is 5.69 Å². The van der Waals surface area contributed by atoms with Crippen LogP contribution in [0.5, 0.6) is 11.5 Å². The van der Waals surface area contributed by atoms with E-state index in [1.165, 1.54) is 18.2 Å². The number of nitrogens with one attached hydrogen (secondary N) is 2. The van der Waals surface area contributed by atoms with Gasteiger partial charge in [0.05, 0.1) is 17.1 Å². The van der Waals surface area contributed by atoms with E-state index in [2.05, 4.69) is 25.2 Å². The molecule has 2 N–H and O–H groups in total. The zero-order valence-corrected chi connectivity index (χ0v) is 15.5. The third-order valence-corrected chi connectivity index (χ3v) is 5.26. The highest BCUT2D eigenvalue weighted by molar-refractivity contribution is 7.92. The van der Waals surface area contributed by atoms with Crippen LogP contribution in [0.2, 0.25) is 0 Å². The van der Waals surface area contributed by atoms with Crippen LogP contribution in [0, 0.1) is 0 Å². The highest BCUT2D eigenvalue weighted by Crippen LogP contribution is 2.32. The van der Waals surface area contributed by atoms with Gasteiger partial charge in [-0.3, -0.25) is 9.71 Å². The predicted molar refractivity (Wildman–Crippen MR) is 102 cm³/mol. The normalized spacial score (nSPS) is 13.0. The van der Waals surface area contributed by atoms with Gasteiger partial charge < -0.3 is 14.8 Å². The lowest BCUT2D eigenvalue weighted by atomic mass is 10.3. The Labute approximate surface area is 161 Å². The summed E-state index contributed by atoms with van der Waals surface area (Å²) in [5.74, 6) is 1.54. The monoisotopic (exact) mass is 399 g/mol. The van der Waals surface area contributed by atoms with Gasteiger partial charge in [0.1, 0.15) is 19.0 Å². The lowest BCUT2D eigenvalue weighted by molar-refractivity contribution is 0.171. The number of aromatic nitrogens is 3. The van der Waals surface area contributed by atoms with Crippen LogP contribution in [0.15, 0.2) is 59.6 Å². The van der Waals surface area contributed by atoms with E-state index in [4.69, 9.17) is 9.47 Å². The van der Waals surface area contributed by atoms with E-state index in [9.17, 15) is 8.42 Å². The van der Waals surface area contributed by atoms with Gasteiger partial charge in [-0.15, -0.1) is 10.2 Å². The summed E-state index contributed by atoms with van der Waals surface area (Å²) < 4.78 is 38.4. The maximum Gasteiger partial charge on any atom is 0.263 e. The zero-order valence-electron chi connectivity index (χ0n) is 14.7. The van der Waals surface area contributed by atoms with E-state index in [-0.39, 0.29) is 10.7 Å². The minimum absolute atomic E-state index is 0.0518. The van der Waals surface area contributed by atoms with Crippen molar-refractivity contribution in [3.63, 3.8) is 0 Å². The molecule has 3 heterocycles. The predicted octanol–water partition coefficient (Wildman–Crippen LogP) is 2.06. The number of ether oxygens (including phenoxy) is 2. The Morgan fingerprint density at radius 2 is 1.71 bits per heavy atom. The Balaban J connectivity index is 1.43. The Kier molecular flexibility index (Phi) is 4.94. The Morgan fingerprint density at radius 3 is 2.46 bits per heavy atom. The van der Waals surface area contributed by atoms with Crippen molar-refractivity contribution in [2.75, 3.05) is 23.3 Å². The second kappa shape index (κ2) is 7.69. The fourth-order valence-corrected chi connectivity index (χ4v) is 3.56. The van der Waals surface area contributed by atoms with Gasteiger partial charge in [0.2, 0.25) is 0 Å². The second-order valence-corrected chi connectivity index (χ2v) is 7.57. The molecule has 1 aliphatic rings. The Morgan fingerprint density at radius 1 is 0.929 bits per heavy atom. The largest absolute Gasteiger partial charge is 0.486 e. The molecule has 3 aromatic rings. The van der Waals surface area contributed by atoms with Gasteiger partial charge in [0, 0.05) is 12.3 Å². The number of anilines is 2. The van der Waals surface area contributed by atoms with E-state index >= 15 is 0 Å². The third-order valence-electron chi connectivity index (χ3n) is 3.90. The molecule has 0 spiro atoms. The molecule has 144 valence electrons. The van der Waals surface area contributed by atoms with Gasteiger partial charge >= 0.3 is 0 Å². The van der Waals surface area contributed by atoms with Gasteiger partial charge in [0.25, 0.3) is 10.0 Å². The standard InChI is InChI=1S/C18H17N5O4S/c24-28(25,14-4-5-15-16(11-14)27-10-9-26-15)23-18-7-6-17(21-22-18)20-12-13-3-1-2-8-19-13/h1-8,11H,9-10,12H2,(H,20,21)(H,22,23). The summed E-state index contributed by atoms with van der Waals surface area (Å²) >= 11 is 0. The smallest absolute Gasteiger partial charge is 0.263 e. The molecule has 28 heavy (non-hydrogen) atoms. The quantitative estimate of drug-likeness (QED) is 0.647. The van der Waals surface area contributed by atoms with Gasteiger partial charge in [0.15, 0.2) is 17.3 Å². The fraction of sp³-hybridized carbons (Fsp3) is 0.167. The van der Waals surface area contributed by atoms with E-state index in [1.807, 2.05) is 18.2 Å². The Hall–Kier alpha value is -3.40. The van der Waals surface area contributed by atoms with Gasteiger partial charge in [-0.25, -0.2) is 8.42 Å². The number of hydrogen-bond acceptors (Lipinski definition) is 8. The van der Waals surface area contributed by atoms with Crippen LogP contribution in [-0.4, -0.2) is 36.8 Å². The molecule has 0 unspecified atom stereocenters. The molecular weight excluding hydrogens is 382 g/mol. The van der Waals surface area contributed by atoms with Crippen molar-refractivity contribution in [1.82, 2.24) is 15.2 Å². The van der Waals surface area contributed by atoms with Gasteiger partial charge in [-0.2, -0.15) is 0 Å². The number of hydrogen-bond donors (Lipinski definition) is 2. The van der Waals surface area contributed by atoms with Crippen molar-refractivity contribution >= 4 is 21.7 Å². The average molecular weight is 399 g/mol. The maximum atomic E-state index is 12.6. The topological polar surface area (TPSA) is 115 Å². The molecule has 0 aliphatic carbocycles. The van der Waals surface area contributed by atoms with Crippen molar-refractivity contribution in [1.29, 1.82) is 0 Å². The highest BCUT2D eigenvalue weighted by Gasteiger charge is 2.20. The summed E-state index contributed by atoms with van der Waals surface area (Å²) in [5.41, 5.74) is 0.854. The summed E-state index contributed by atoms with van der Waals surface area (Å²) in [7, 11) is -3.83. The van der Waals surface area contributed by atoms with Crippen LogP contribution < -0.4 is 19.5 Å². The summed E-state index contributed by atoms with van der Waals surface area (Å²) in [6, 6.07) is 13.2. The molecule has 0 atom stereocenters. The molecule has 0 fully saturated rings. The van der Waals surface area contributed by atoms with Crippen LogP contribution in [0.4, 0.5) is 11.6 Å². The Bertz CT molecular complexity index is 1060. The molecule has 4 rings (SSSR count). The zero-order chi connectivity index (χ0) is 19.4. The molecule has 1 aromatic carbocycles. The molecule has 1 aliphatic heterocycles. The van der Waals surface area contributed by atoms with E-state index < -0.39 is 10.0 Å². The first-order valence-corrected chi connectivity index (χ1v) is 9.98.